The zero-order valence-corrected chi connectivity index (χ0v) is 9.02. The number of halogens is 1. The van der Waals surface area contributed by atoms with Gasteiger partial charge >= 0.3 is 0 Å². The summed E-state index contributed by atoms with van der Waals surface area (Å²) in [6, 6.07) is 10.1. The molecule has 1 nitrogen and oxygen atoms in total. The summed E-state index contributed by atoms with van der Waals surface area (Å²) in [7, 11) is 0. The topological polar surface area (TPSA) is 23.8 Å². The van der Waals surface area contributed by atoms with Crippen molar-refractivity contribution in [3.05, 3.63) is 28.7 Å². The molecule has 0 aliphatic rings. The molecule has 0 N–H and O–H groups in total. The van der Waals surface area contributed by atoms with Crippen molar-refractivity contribution in [2.24, 2.45) is 0 Å². The minimum Gasteiger partial charge on any atom is -0.197 e. The molecule has 0 aromatic heterocycles. The lowest BCUT2D eigenvalue weighted by molar-refractivity contribution is 1.23. The monoisotopic (exact) mass is 241 g/mol. The van der Waals surface area contributed by atoms with E-state index in [0.29, 0.717) is 0 Å². The molecule has 3 heteroatoms. The van der Waals surface area contributed by atoms with E-state index in [4.69, 9.17) is 5.26 Å². The molecule has 0 spiro atoms. The third-order valence-electron chi connectivity index (χ3n) is 1.31. The predicted molar refractivity (Wildman–Crippen MR) is 55.1 cm³/mol. The van der Waals surface area contributed by atoms with Crippen LogP contribution in [0.4, 0.5) is 0 Å². The molecular weight excluding hydrogens is 234 g/mol. The third-order valence-corrected chi connectivity index (χ3v) is 2.84. The van der Waals surface area contributed by atoms with Crippen LogP contribution in [-0.2, 0) is 0 Å². The van der Waals surface area contributed by atoms with Gasteiger partial charge in [-0.3, -0.25) is 0 Å². The van der Waals surface area contributed by atoms with Gasteiger partial charge in [0.25, 0.3) is 0 Å². The summed E-state index contributed by atoms with van der Waals surface area (Å²) in [5, 5.41) is 8.59. The number of nitrogens with zero attached hydrogens (tertiary/aromatic N) is 1. The van der Waals surface area contributed by atoms with Crippen LogP contribution in [0.2, 0.25) is 0 Å². The van der Waals surface area contributed by atoms with Crippen LogP contribution in [0.3, 0.4) is 0 Å². The van der Waals surface area contributed by atoms with Crippen molar-refractivity contribution in [1.82, 2.24) is 0 Å². The van der Waals surface area contributed by atoms with Crippen LogP contribution in [0.25, 0.3) is 0 Å². The molecule has 1 rings (SSSR count). The van der Waals surface area contributed by atoms with Gasteiger partial charge < -0.3 is 0 Å². The number of hydrogen-bond donors (Lipinski definition) is 0. The first-order valence-corrected chi connectivity index (χ1v) is 5.21. The van der Waals surface area contributed by atoms with Crippen LogP contribution in [0.1, 0.15) is 6.92 Å². The molecule has 12 heavy (non-hydrogen) atoms. The Morgan fingerprint density at radius 3 is 2.50 bits per heavy atom. The second-order valence-electron chi connectivity index (χ2n) is 2.34. The molecule has 0 aliphatic carbocycles. The summed E-state index contributed by atoms with van der Waals surface area (Å²) >= 11 is 4.92. The fraction of sp³-hybridized carbons (Fsp3) is 0.222. The van der Waals surface area contributed by atoms with Gasteiger partial charge in [0.1, 0.15) is 0 Å². The SMILES string of the molecule is CC(C#N)Sc1ccc(Br)cc1. The first kappa shape index (κ1) is 9.63. The number of nitriles is 1. The lowest BCUT2D eigenvalue weighted by Gasteiger charge is -2.01. The quantitative estimate of drug-likeness (QED) is 0.741. The fourth-order valence-electron chi connectivity index (χ4n) is 0.744. The lowest BCUT2D eigenvalue weighted by Crippen LogP contribution is -1.88. The average Bonchev–Trinajstić information content (AvgIpc) is 2.09. The van der Waals surface area contributed by atoms with E-state index in [9.17, 15) is 0 Å². The zero-order chi connectivity index (χ0) is 8.97. The van der Waals surface area contributed by atoms with E-state index in [0.717, 1.165) is 9.37 Å². The standard InChI is InChI=1S/C9H8BrNS/c1-7(6-11)12-9-4-2-8(10)3-5-9/h2-5,7H,1H3. The highest BCUT2D eigenvalue weighted by molar-refractivity contribution is 9.10. The maximum absolute atomic E-state index is 8.57. The maximum atomic E-state index is 8.57. The highest BCUT2D eigenvalue weighted by Crippen LogP contribution is 2.23. The fourth-order valence-corrected chi connectivity index (χ4v) is 1.76. The van der Waals surface area contributed by atoms with Gasteiger partial charge in [-0.05, 0) is 31.2 Å². The van der Waals surface area contributed by atoms with Gasteiger partial charge in [-0.1, -0.05) is 15.9 Å². The molecule has 0 aliphatic heterocycles. The highest BCUT2D eigenvalue weighted by atomic mass is 79.9. The molecule has 62 valence electrons. The molecule has 0 amide bonds. The summed E-state index contributed by atoms with van der Waals surface area (Å²) in [5.74, 6) is 0. The second-order valence-corrected chi connectivity index (χ2v) is 4.67. The van der Waals surface area contributed by atoms with Gasteiger partial charge in [-0.2, -0.15) is 5.26 Å². The molecule has 0 fully saturated rings. The van der Waals surface area contributed by atoms with E-state index in [-0.39, 0.29) is 5.25 Å². The minimum atomic E-state index is 0.0196. The van der Waals surface area contributed by atoms with Crippen molar-refractivity contribution in [1.29, 1.82) is 5.26 Å². The van der Waals surface area contributed by atoms with Crippen LogP contribution >= 0.6 is 27.7 Å². The zero-order valence-electron chi connectivity index (χ0n) is 6.62. The van der Waals surface area contributed by atoms with Gasteiger partial charge in [-0.15, -0.1) is 11.8 Å². The minimum absolute atomic E-state index is 0.0196. The van der Waals surface area contributed by atoms with Gasteiger partial charge in [0, 0.05) is 9.37 Å². The van der Waals surface area contributed by atoms with Crippen molar-refractivity contribution < 1.29 is 0 Å². The molecule has 1 aromatic rings. The van der Waals surface area contributed by atoms with Gasteiger partial charge in [0.05, 0.1) is 11.3 Å². The van der Waals surface area contributed by atoms with Gasteiger partial charge in [0.15, 0.2) is 0 Å². The van der Waals surface area contributed by atoms with Gasteiger partial charge in [0.2, 0.25) is 0 Å². The van der Waals surface area contributed by atoms with E-state index in [2.05, 4.69) is 22.0 Å². The molecule has 1 atom stereocenters. The summed E-state index contributed by atoms with van der Waals surface area (Å²) < 4.78 is 1.07. The van der Waals surface area contributed by atoms with E-state index in [1.807, 2.05) is 31.2 Å². The Kier molecular flexibility index (Phi) is 3.64. The number of benzene rings is 1. The van der Waals surface area contributed by atoms with Crippen LogP contribution < -0.4 is 0 Å². The Morgan fingerprint density at radius 1 is 1.42 bits per heavy atom. The highest BCUT2D eigenvalue weighted by Gasteiger charge is 2.00. The molecule has 1 unspecified atom stereocenters. The number of thioether (sulfide) groups is 1. The largest absolute Gasteiger partial charge is 0.197 e. The molecule has 0 radical (unpaired) electrons. The Morgan fingerprint density at radius 2 is 2.00 bits per heavy atom. The van der Waals surface area contributed by atoms with Crippen molar-refractivity contribution in [3.8, 4) is 6.07 Å². The number of hydrogen-bond acceptors (Lipinski definition) is 2. The summed E-state index contributed by atoms with van der Waals surface area (Å²) in [4.78, 5) is 1.13. The van der Waals surface area contributed by atoms with Crippen molar-refractivity contribution in [2.45, 2.75) is 17.1 Å². The molecule has 0 heterocycles. The van der Waals surface area contributed by atoms with Crippen LogP contribution in [0, 0.1) is 11.3 Å². The van der Waals surface area contributed by atoms with Crippen molar-refractivity contribution >= 4 is 27.7 Å². The predicted octanol–water partition coefficient (Wildman–Crippen LogP) is 3.45. The Balaban J connectivity index is 2.66. The molecule has 0 saturated heterocycles. The smallest absolute Gasteiger partial charge is 0.0935 e. The van der Waals surface area contributed by atoms with E-state index in [1.54, 1.807) is 11.8 Å². The van der Waals surface area contributed by atoms with E-state index >= 15 is 0 Å². The first-order chi connectivity index (χ1) is 5.72. The van der Waals surface area contributed by atoms with E-state index < -0.39 is 0 Å². The number of rotatable bonds is 2. The maximum Gasteiger partial charge on any atom is 0.0935 e. The van der Waals surface area contributed by atoms with Crippen LogP contribution in [0.15, 0.2) is 33.6 Å². The Bertz CT molecular complexity index is 288. The van der Waals surface area contributed by atoms with Crippen LogP contribution in [-0.4, -0.2) is 5.25 Å². The first-order valence-electron chi connectivity index (χ1n) is 3.54. The van der Waals surface area contributed by atoms with Crippen molar-refractivity contribution in [2.75, 3.05) is 0 Å². The van der Waals surface area contributed by atoms with E-state index in [1.165, 1.54) is 0 Å². The summed E-state index contributed by atoms with van der Waals surface area (Å²) in [6.45, 7) is 1.90. The summed E-state index contributed by atoms with van der Waals surface area (Å²) in [5.41, 5.74) is 0. The Hall–Kier alpha value is -0.460. The van der Waals surface area contributed by atoms with Crippen molar-refractivity contribution in [3.63, 3.8) is 0 Å². The molecule has 0 saturated carbocycles. The average molecular weight is 242 g/mol. The molecular formula is C9H8BrNS. The molecule has 0 bridgehead atoms. The normalized spacial score (nSPS) is 12.1. The molecule has 1 aromatic carbocycles. The summed E-state index contributed by atoms with van der Waals surface area (Å²) in [6.07, 6.45) is 0. The Labute approximate surface area is 84.9 Å². The third kappa shape index (κ3) is 2.88. The van der Waals surface area contributed by atoms with Gasteiger partial charge in [-0.25, -0.2) is 0 Å². The lowest BCUT2D eigenvalue weighted by atomic mass is 10.4. The second kappa shape index (κ2) is 4.54. The van der Waals surface area contributed by atoms with Crippen LogP contribution in [0.5, 0.6) is 0 Å².